The third-order valence-electron chi connectivity index (χ3n) is 2.01. The molecule has 0 saturated carbocycles. The highest BCUT2D eigenvalue weighted by Crippen LogP contribution is 2.02. The molecule has 0 radical (unpaired) electrons. The van der Waals surface area contributed by atoms with Gasteiger partial charge in [0.25, 0.3) is 0 Å². The van der Waals surface area contributed by atoms with Crippen LogP contribution in [0, 0.1) is 0 Å². The molecule has 0 bridgehead atoms. The first-order valence-corrected chi connectivity index (χ1v) is 5.65. The Bertz CT molecular complexity index is 168. The summed E-state index contributed by atoms with van der Waals surface area (Å²) >= 11 is 0. The van der Waals surface area contributed by atoms with Crippen molar-refractivity contribution in [2.75, 3.05) is 0 Å². The molecular weight excluding hydrogens is 172 g/mol. The molecule has 0 fully saturated rings. The van der Waals surface area contributed by atoms with Gasteiger partial charge in [0.05, 0.1) is 0 Å². The molecule has 0 rings (SSSR count). The molecule has 0 aliphatic carbocycles. The number of allylic oxidation sites excluding steroid dienone is 4. The molecule has 1 nitrogen and oxygen atoms in total. The zero-order chi connectivity index (χ0) is 10.5. The Morgan fingerprint density at radius 1 is 0.786 bits per heavy atom. The Balaban J connectivity index is 3.08. The van der Waals surface area contributed by atoms with Crippen LogP contribution in [0.25, 0.3) is 0 Å². The first-order valence-electron chi connectivity index (χ1n) is 5.65. The van der Waals surface area contributed by atoms with E-state index in [1.807, 2.05) is 0 Å². The standard InChI is InChI=1S/C13H22O/c1-2-3-4-5-6-7-8-9-10-11-12-13-14/h3-4,9-10,13H,2,5-8,11-12H2,1H3/b4-3-,10-9-. The van der Waals surface area contributed by atoms with Gasteiger partial charge in [-0.25, -0.2) is 0 Å². The van der Waals surface area contributed by atoms with E-state index in [1.54, 1.807) is 0 Å². The average Bonchev–Trinajstić information content (AvgIpc) is 2.21. The Kier molecular flexibility index (Phi) is 11.4. The van der Waals surface area contributed by atoms with E-state index >= 15 is 0 Å². The number of hydrogen-bond acceptors (Lipinski definition) is 1. The van der Waals surface area contributed by atoms with Crippen LogP contribution in [-0.2, 0) is 4.79 Å². The van der Waals surface area contributed by atoms with Gasteiger partial charge in [-0.3, -0.25) is 0 Å². The number of carbonyl (C=O) groups excluding carboxylic acids is 1. The zero-order valence-electron chi connectivity index (χ0n) is 9.24. The molecule has 0 amide bonds. The fourth-order valence-corrected chi connectivity index (χ4v) is 1.21. The van der Waals surface area contributed by atoms with Gasteiger partial charge in [-0.05, 0) is 38.5 Å². The lowest BCUT2D eigenvalue weighted by molar-refractivity contribution is -0.107. The van der Waals surface area contributed by atoms with E-state index in [1.165, 1.54) is 19.3 Å². The largest absolute Gasteiger partial charge is 0.303 e. The topological polar surface area (TPSA) is 17.1 Å². The summed E-state index contributed by atoms with van der Waals surface area (Å²) in [5.74, 6) is 0. The van der Waals surface area contributed by atoms with Crippen LogP contribution in [0.5, 0.6) is 0 Å². The van der Waals surface area contributed by atoms with Crippen LogP contribution in [0.1, 0.15) is 51.9 Å². The lowest BCUT2D eigenvalue weighted by Crippen LogP contribution is -1.74. The second kappa shape index (κ2) is 12.2. The van der Waals surface area contributed by atoms with Crippen molar-refractivity contribution in [3.8, 4) is 0 Å². The molecule has 0 aliphatic heterocycles. The summed E-state index contributed by atoms with van der Waals surface area (Å²) in [7, 11) is 0. The molecule has 0 aliphatic rings. The Morgan fingerprint density at radius 3 is 1.93 bits per heavy atom. The quantitative estimate of drug-likeness (QED) is 0.307. The van der Waals surface area contributed by atoms with E-state index in [9.17, 15) is 4.79 Å². The fraction of sp³-hybridized carbons (Fsp3) is 0.615. The summed E-state index contributed by atoms with van der Waals surface area (Å²) in [5, 5.41) is 0. The molecule has 0 aromatic heterocycles. The van der Waals surface area contributed by atoms with Gasteiger partial charge in [-0.15, -0.1) is 0 Å². The Hall–Kier alpha value is -0.850. The van der Waals surface area contributed by atoms with Gasteiger partial charge in [-0.2, -0.15) is 0 Å². The predicted octanol–water partition coefficient (Wildman–Crippen LogP) is 4.05. The third-order valence-corrected chi connectivity index (χ3v) is 2.01. The first-order chi connectivity index (χ1) is 6.91. The molecule has 0 atom stereocenters. The predicted molar refractivity (Wildman–Crippen MR) is 62.3 cm³/mol. The normalized spacial score (nSPS) is 11.5. The maximum absolute atomic E-state index is 10.00. The van der Waals surface area contributed by atoms with E-state index in [4.69, 9.17) is 0 Å². The van der Waals surface area contributed by atoms with E-state index in [2.05, 4.69) is 31.2 Å². The van der Waals surface area contributed by atoms with Gasteiger partial charge in [0.2, 0.25) is 0 Å². The molecule has 0 aromatic carbocycles. The van der Waals surface area contributed by atoms with Crippen LogP contribution in [0.3, 0.4) is 0 Å². The van der Waals surface area contributed by atoms with E-state index in [0.717, 1.165) is 25.5 Å². The highest BCUT2D eigenvalue weighted by atomic mass is 16.1. The molecule has 0 unspecified atom stereocenters. The summed E-state index contributed by atoms with van der Waals surface area (Å²) in [6.45, 7) is 2.16. The molecular formula is C13H22O. The van der Waals surface area contributed by atoms with E-state index < -0.39 is 0 Å². The second-order valence-corrected chi connectivity index (χ2v) is 3.38. The van der Waals surface area contributed by atoms with Gasteiger partial charge < -0.3 is 4.79 Å². The number of carbonyl (C=O) groups is 1. The van der Waals surface area contributed by atoms with Crippen molar-refractivity contribution in [2.45, 2.75) is 51.9 Å². The van der Waals surface area contributed by atoms with Crippen LogP contribution < -0.4 is 0 Å². The van der Waals surface area contributed by atoms with Crippen LogP contribution in [-0.4, -0.2) is 6.29 Å². The van der Waals surface area contributed by atoms with Crippen molar-refractivity contribution in [1.29, 1.82) is 0 Å². The highest BCUT2D eigenvalue weighted by molar-refractivity contribution is 5.49. The Morgan fingerprint density at radius 2 is 1.36 bits per heavy atom. The van der Waals surface area contributed by atoms with Crippen molar-refractivity contribution >= 4 is 6.29 Å². The van der Waals surface area contributed by atoms with Crippen LogP contribution in [0.4, 0.5) is 0 Å². The van der Waals surface area contributed by atoms with Gasteiger partial charge >= 0.3 is 0 Å². The summed E-state index contributed by atoms with van der Waals surface area (Å²) in [4.78, 5) is 10.00. The minimum atomic E-state index is 0.662. The summed E-state index contributed by atoms with van der Waals surface area (Å²) in [5.41, 5.74) is 0. The maximum atomic E-state index is 10.00. The van der Waals surface area contributed by atoms with Crippen molar-refractivity contribution in [3.63, 3.8) is 0 Å². The monoisotopic (exact) mass is 194 g/mol. The Labute approximate surface area is 87.9 Å². The van der Waals surface area contributed by atoms with Crippen molar-refractivity contribution in [2.24, 2.45) is 0 Å². The molecule has 0 N–H and O–H groups in total. The van der Waals surface area contributed by atoms with Crippen molar-refractivity contribution in [3.05, 3.63) is 24.3 Å². The molecule has 0 heterocycles. The number of unbranched alkanes of at least 4 members (excludes halogenated alkanes) is 4. The van der Waals surface area contributed by atoms with Gasteiger partial charge in [0.15, 0.2) is 0 Å². The number of aldehydes is 1. The third kappa shape index (κ3) is 11.2. The van der Waals surface area contributed by atoms with Gasteiger partial charge in [0, 0.05) is 6.42 Å². The van der Waals surface area contributed by atoms with Crippen LogP contribution in [0.2, 0.25) is 0 Å². The first kappa shape index (κ1) is 13.2. The van der Waals surface area contributed by atoms with Gasteiger partial charge in [-0.1, -0.05) is 31.2 Å². The fourth-order valence-electron chi connectivity index (χ4n) is 1.21. The smallest absolute Gasteiger partial charge is 0.120 e. The lowest BCUT2D eigenvalue weighted by Gasteiger charge is -1.92. The molecule has 1 heteroatoms. The molecule has 14 heavy (non-hydrogen) atoms. The SMILES string of the molecule is CC/C=C\CCCC/C=C\CCC=O. The van der Waals surface area contributed by atoms with Crippen LogP contribution in [0.15, 0.2) is 24.3 Å². The molecule has 0 spiro atoms. The minimum Gasteiger partial charge on any atom is -0.303 e. The number of hydrogen-bond donors (Lipinski definition) is 0. The van der Waals surface area contributed by atoms with E-state index in [-0.39, 0.29) is 0 Å². The average molecular weight is 194 g/mol. The maximum Gasteiger partial charge on any atom is 0.120 e. The second-order valence-electron chi connectivity index (χ2n) is 3.38. The molecule has 80 valence electrons. The van der Waals surface area contributed by atoms with E-state index in [0.29, 0.717) is 6.42 Å². The summed E-state index contributed by atoms with van der Waals surface area (Å²) in [6, 6.07) is 0. The molecule has 0 aromatic rings. The van der Waals surface area contributed by atoms with Crippen molar-refractivity contribution in [1.82, 2.24) is 0 Å². The lowest BCUT2D eigenvalue weighted by atomic mass is 10.1. The zero-order valence-corrected chi connectivity index (χ0v) is 9.24. The molecule has 0 saturated heterocycles. The van der Waals surface area contributed by atoms with Crippen molar-refractivity contribution < 1.29 is 4.79 Å². The highest BCUT2D eigenvalue weighted by Gasteiger charge is 1.83. The minimum absolute atomic E-state index is 0.662. The summed E-state index contributed by atoms with van der Waals surface area (Å²) in [6.07, 6.45) is 17.3. The number of rotatable bonds is 9. The summed E-state index contributed by atoms with van der Waals surface area (Å²) < 4.78 is 0. The van der Waals surface area contributed by atoms with Gasteiger partial charge in [0.1, 0.15) is 6.29 Å². The van der Waals surface area contributed by atoms with Crippen LogP contribution >= 0.6 is 0 Å².